The van der Waals surface area contributed by atoms with Crippen LogP contribution in [0.1, 0.15) is 0 Å². The van der Waals surface area contributed by atoms with Crippen molar-refractivity contribution in [3.63, 3.8) is 0 Å². The Bertz CT molecular complexity index is 439. The second-order valence-corrected chi connectivity index (χ2v) is 3.65. The van der Waals surface area contributed by atoms with Crippen molar-refractivity contribution in [2.45, 2.75) is 6.54 Å². The van der Waals surface area contributed by atoms with Gasteiger partial charge in [-0.3, -0.25) is 14.5 Å². The van der Waals surface area contributed by atoms with Gasteiger partial charge < -0.3 is 9.67 Å². The maximum absolute atomic E-state index is 11.4. The molecule has 0 aliphatic carbocycles. The summed E-state index contributed by atoms with van der Waals surface area (Å²) in [5.74, 6) is -0.882. The normalized spacial score (nSPS) is 10.4. The summed E-state index contributed by atoms with van der Waals surface area (Å²) in [6.45, 7) is 5.00. The number of rotatable bonds is 7. The molecule has 0 atom stereocenters. The molecule has 0 saturated carbocycles. The highest BCUT2D eigenvalue weighted by Gasteiger charge is 2.07. The zero-order valence-electron chi connectivity index (χ0n) is 9.58. The molecule has 1 N–H and O–H groups in total. The van der Waals surface area contributed by atoms with Crippen LogP contribution in [-0.4, -0.2) is 40.2 Å². The minimum Gasteiger partial charge on any atom is -0.480 e. The largest absolute Gasteiger partial charge is 0.480 e. The van der Waals surface area contributed by atoms with E-state index in [0.717, 1.165) is 0 Å². The molecule has 5 nitrogen and oxygen atoms in total. The molecule has 0 radical (unpaired) electrons. The third-order valence-electron chi connectivity index (χ3n) is 2.30. The van der Waals surface area contributed by atoms with Gasteiger partial charge in [-0.1, -0.05) is 12.1 Å². The number of hydrogen-bond acceptors (Lipinski definition) is 3. The quantitative estimate of drug-likeness (QED) is 0.697. The fraction of sp³-hybridized carbons (Fsp3) is 0.333. The molecule has 1 rings (SSSR count). The molecular weight excluding hydrogens is 220 g/mol. The summed E-state index contributed by atoms with van der Waals surface area (Å²) in [5, 5.41) is 8.72. The first-order valence-corrected chi connectivity index (χ1v) is 5.34. The summed E-state index contributed by atoms with van der Waals surface area (Å²) < 4.78 is 1.55. The van der Waals surface area contributed by atoms with Crippen molar-refractivity contribution < 1.29 is 9.90 Å². The van der Waals surface area contributed by atoms with Crippen LogP contribution in [0.3, 0.4) is 0 Å². The van der Waals surface area contributed by atoms with E-state index < -0.39 is 5.97 Å². The Kier molecular flexibility index (Phi) is 5.16. The molecule has 5 heteroatoms. The van der Waals surface area contributed by atoms with Crippen LogP contribution in [0, 0.1) is 0 Å². The van der Waals surface area contributed by atoms with Crippen LogP contribution in [0.15, 0.2) is 41.8 Å². The lowest BCUT2D eigenvalue weighted by atomic mass is 10.4. The molecule has 0 aromatic carbocycles. The first-order valence-electron chi connectivity index (χ1n) is 5.34. The van der Waals surface area contributed by atoms with Crippen LogP contribution >= 0.6 is 0 Å². The fourth-order valence-corrected chi connectivity index (χ4v) is 1.50. The molecule has 17 heavy (non-hydrogen) atoms. The number of carboxylic acid groups (broad SMARTS) is 1. The second kappa shape index (κ2) is 6.65. The molecule has 0 fully saturated rings. The van der Waals surface area contributed by atoms with Crippen LogP contribution in [0.2, 0.25) is 0 Å². The second-order valence-electron chi connectivity index (χ2n) is 3.65. The van der Waals surface area contributed by atoms with Crippen LogP contribution < -0.4 is 5.56 Å². The molecule has 0 spiro atoms. The minimum atomic E-state index is -0.882. The van der Waals surface area contributed by atoms with Gasteiger partial charge in [-0.2, -0.15) is 0 Å². The predicted octanol–water partition coefficient (Wildman–Crippen LogP) is 0.421. The fourth-order valence-electron chi connectivity index (χ4n) is 1.50. The van der Waals surface area contributed by atoms with Crippen molar-refractivity contribution in [3.05, 3.63) is 47.4 Å². The Balaban J connectivity index is 2.57. The molecule has 0 aliphatic heterocycles. The van der Waals surface area contributed by atoms with Gasteiger partial charge in [-0.05, 0) is 6.07 Å². The molecule has 0 amide bonds. The Morgan fingerprint density at radius 3 is 2.88 bits per heavy atom. The zero-order valence-corrected chi connectivity index (χ0v) is 9.58. The number of carbonyl (C=O) groups is 1. The third-order valence-corrected chi connectivity index (χ3v) is 2.30. The van der Waals surface area contributed by atoms with Gasteiger partial charge in [0.25, 0.3) is 5.56 Å². The van der Waals surface area contributed by atoms with Gasteiger partial charge in [0.1, 0.15) is 0 Å². The van der Waals surface area contributed by atoms with Crippen LogP contribution in [0.5, 0.6) is 0 Å². The summed E-state index contributed by atoms with van der Waals surface area (Å²) in [5.41, 5.74) is -0.0821. The SMILES string of the molecule is C=CCN(CCn1ccccc1=O)CC(=O)O. The zero-order chi connectivity index (χ0) is 12.7. The van der Waals surface area contributed by atoms with E-state index in [1.807, 2.05) is 0 Å². The Hall–Kier alpha value is -1.88. The smallest absolute Gasteiger partial charge is 0.317 e. The van der Waals surface area contributed by atoms with Crippen LogP contribution in [0.25, 0.3) is 0 Å². The maximum Gasteiger partial charge on any atom is 0.317 e. The average Bonchev–Trinajstić information content (AvgIpc) is 2.27. The minimum absolute atomic E-state index is 0.0480. The summed E-state index contributed by atoms with van der Waals surface area (Å²) in [6, 6.07) is 4.93. The van der Waals surface area contributed by atoms with Crippen molar-refractivity contribution in [2.24, 2.45) is 0 Å². The summed E-state index contributed by atoms with van der Waals surface area (Å²) in [6.07, 6.45) is 3.34. The summed E-state index contributed by atoms with van der Waals surface area (Å²) in [7, 11) is 0. The maximum atomic E-state index is 11.4. The first-order chi connectivity index (χ1) is 8.13. The predicted molar refractivity (Wildman–Crippen MR) is 65.0 cm³/mol. The van der Waals surface area contributed by atoms with Crippen LogP contribution in [0.4, 0.5) is 0 Å². The van der Waals surface area contributed by atoms with Gasteiger partial charge in [0.2, 0.25) is 0 Å². The van der Waals surface area contributed by atoms with Gasteiger partial charge in [-0.25, -0.2) is 0 Å². The number of carboxylic acids is 1. The third kappa shape index (κ3) is 4.65. The van der Waals surface area contributed by atoms with Gasteiger partial charge in [-0.15, -0.1) is 6.58 Å². The van der Waals surface area contributed by atoms with E-state index in [9.17, 15) is 9.59 Å². The topological polar surface area (TPSA) is 62.5 Å². The molecule has 1 aromatic heterocycles. The number of hydrogen-bond donors (Lipinski definition) is 1. The van der Waals surface area contributed by atoms with Crippen molar-refractivity contribution in [3.8, 4) is 0 Å². The van der Waals surface area contributed by atoms with E-state index >= 15 is 0 Å². The van der Waals surface area contributed by atoms with Gasteiger partial charge in [0.05, 0.1) is 6.54 Å². The molecule has 0 unspecified atom stereocenters. The van der Waals surface area contributed by atoms with E-state index in [-0.39, 0.29) is 12.1 Å². The molecule has 0 bridgehead atoms. The first kappa shape index (κ1) is 13.2. The van der Waals surface area contributed by atoms with Gasteiger partial charge in [0.15, 0.2) is 0 Å². The Morgan fingerprint density at radius 1 is 1.53 bits per heavy atom. The van der Waals surface area contributed by atoms with E-state index in [2.05, 4.69) is 6.58 Å². The molecule has 92 valence electrons. The number of aromatic nitrogens is 1. The lowest BCUT2D eigenvalue weighted by molar-refractivity contribution is -0.138. The standard InChI is InChI=1S/C12H16N2O3/c1-2-6-13(10-12(16)17)8-9-14-7-4-3-5-11(14)15/h2-5,7H,1,6,8-10H2,(H,16,17). The highest BCUT2D eigenvalue weighted by atomic mass is 16.4. The van der Waals surface area contributed by atoms with Crippen molar-refractivity contribution >= 4 is 5.97 Å². The molecule has 0 aliphatic rings. The summed E-state index contributed by atoms with van der Waals surface area (Å²) >= 11 is 0. The lowest BCUT2D eigenvalue weighted by Crippen LogP contribution is -2.34. The highest BCUT2D eigenvalue weighted by molar-refractivity contribution is 5.69. The van der Waals surface area contributed by atoms with Crippen molar-refractivity contribution in [1.82, 2.24) is 9.47 Å². The van der Waals surface area contributed by atoms with Crippen molar-refractivity contribution in [1.29, 1.82) is 0 Å². The van der Waals surface area contributed by atoms with Crippen LogP contribution in [-0.2, 0) is 11.3 Å². The van der Waals surface area contributed by atoms with E-state index in [1.165, 1.54) is 6.07 Å². The Labute approximate surface area is 99.6 Å². The summed E-state index contributed by atoms with van der Waals surface area (Å²) in [4.78, 5) is 23.8. The lowest BCUT2D eigenvalue weighted by Gasteiger charge is -2.18. The monoisotopic (exact) mass is 236 g/mol. The molecule has 0 saturated heterocycles. The van der Waals surface area contributed by atoms with E-state index in [0.29, 0.717) is 19.6 Å². The number of aliphatic carboxylic acids is 1. The number of nitrogens with zero attached hydrogens (tertiary/aromatic N) is 2. The van der Waals surface area contributed by atoms with Gasteiger partial charge >= 0.3 is 5.97 Å². The van der Waals surface area contributed by atoms with Crippen molar-refractivity contribution in [2.75, 3.05) is 19.6 Å². The highest BCUT2D eigenvalue weighted by Crippen LogP contribution is 1.91. The molecule has 1 aromatic rings. The van der Waals surface area contributed by atoms with E-state index in [1.54, 1.807) is 33.9 Å². The van der Waals surface area contributed by atoms with E-state index in [4.69, 9.17) is 5.11 Å². The molecular formula is C12H16N2O3. The molecule has 1 heterocycles. The number of pyridine rings is 1. The van der Waals surface area contributed by atoms with Gasteiger partial charge in [0, 0.05) is 31.9 Å². The average molecular weight is 236 g/mol. The Morgan fingerprint density at radius 2 is 2.29 bits per heavy atom.